The van der Waals surface area contributed by atoms with Gasteiger partial charge in [-0.1, -0.05) is 19.1 Å². The van der Waals surface area contributed by atoms with E-state index in [1.54, 1.807) is 18.2 Å². The van der Waals surface area contributed by atoms with Crippen molar-refractivity contribution in [3.8, 4) is 17.2 Å². The molecule has 5 nitrogen and oxygen atoms in total. The summed E-state index contributed by atoms with van der Waals surface area (Å²) in [5.74, 6) is 0.143. The molecule has 0 unspecified atom stereocenters. The Morgan fingerprint density at radius 1 is 1.14 bits per heavy atom. The van der Waals surface area contributed by atoms with Gasteiger partial charge in [-0.05, 0) is 30.7 Å². The zero-order valence-electron chi connectivity index (χ0n) is 11.7. The molecule has 3 N–H and O–H groups in total. The molecule has 0 aliphatic heterocycles. The Balaban J connectivity index is 2.34. The number of rotatable bonds is 6. The fourth-order valence-corrected chi connectivity index (χ4v) is 1.78. The van der Waals surface area contributed by atoms with E-state index in [9.17, 15) is 9.90 Å². The molecule has 0 saturated carbocycles. The summed E-state index contributed by atoms with van der Waals surface area (Å²) in [6.07, 6.45) is 0.868. The summed E-state index contributed by atoms with van der Waals surface area (Å²) in [7, 11) is 0. The first kappa shape index (κ1) is 14.7. The van der Waals surface area contributed by atoms with Gasteiger partial charge in [0.1, 0.15) is 11.3 Å². The van der Waals surface area contributed by atoms with E-state index in [2.05, 4.69) is 0 Å². The number of carboxylic acids is 1. The topological polar surface area (TPSA) is 81.8 Å². The molecule has 0 bridgehead atoms. The highest BCUT2D eigenvalue weighted by atomic mass is 16.5. The molecule has 2 aromatic rings. The summed E-state index contributed by atoms with van der Waals surface area (Å²) in [5.41, 5.74) is 6.18. The lowest BCUT2D eigenvalue weighted by atomic mass is 10.2. The minimum absolute atomic E-state index is 0.0505. The SMILES string of the molecule is CCCOc1ccccc1Oc1cc(N)ccc1C(=O)O. The first-order chi connectivity index (χ1) is 10.1. The maximum atomic E-state index is 11.2. The Bertz CT molecular complexity index is 640. The molecule has 5 heteroatoms. The fourth-order valence-electron chi connectivity index (χ4n) is 1.78. The predicted molar refractivity (Wildman–Crippen MR) is 80.1 cm³/mol. The van der Waals surface area contributed by atoms with Crippen molar-refractivity contribution in [1.29, 1.82) is 0 Å². The highest BCUT2D eigenvalue weighted by molar-refractivity contribution is 5.91. The molecule has 0 radical (unpaired) electrons. The van der Waals surface area contributed by atoms with E-state index in [-0.39, 0.29) is 11.3 Å². The van der Waals surface area contributed by atoms with Crippen LogP contribution in [0.4, 0.5) is 5.69 Å². The van der Waals surface area contributed by atoms with E-state index in [1.165, 1.54) is 18.2 Å². The molecule has 0 heterocycles. The van der Waals surface area contributed by atoms with Crippen LogP contribution in [0.25, 0.3) is 0 Å². The number of carboxylic acid groups (broad SMARTS) is 1. The summed E-state index contributed by atoms with van der Waals surface area (Å²) in [5, 5.41) is 9.19. The average Bonchev–Trinajstić information content (AvgIpc) is 2.46. The lowest BCUT2D eigenvalue weighted by Crippen LogP contribution is -2.02. The van der Waals surface area contributed by atoms with Gasteiger partial charge in [-0.2, -0.15) is 0 Å². The Labute approximate surface area is 122 Å². The number of nitrogens with two attached hydrogens (primary N) is 1. The monoisotopic (exact) mass is 287 g/mol. The fraction of sp³-hybridized carbons (Fsp3) is 0.188. The number of hydrogen-bond acceptors (Lipinski definition) is 4. The molecule has 21 heavy (non-hydrogen) atoms. The Morgan fingerprint density at radius 2 is 1.86 bits per heavy atom. The third-order valence-electron chi connectivity index (χ3n) is 2.77. The van der Waals surface area contributed by atoms with Crippen LogP contribution >= 0.6 is 0 Å². The van der Waals surface area contributed by atoms with Crippen molar-refractivity contribution in [3.63, 3.8) is 0 Å². The molecule has 0 aliphatic rings. The third kappa shape index (κ3) is 3.66. The van der Waals surface area contributed by atoms with Crippen LogP contribution < -0.4 is 15.2 Å². The van der Waals surface area contributed by atoms with Gasteiger partial charge in [-0.3, -0.25) is 0 Å². The molecule has 0 aromatic heterocycles. The maximum Gasteiger partial charge on any atom is 0.339 e. The lowest BCUT2D eigenvalue weighted by Gasteiger charge is -2.13. The van der Waals surface area contributed by atoms with Crippen molar-refractivity contribution in [2.75, 3.05) is 12.3 Å². The molecular weight excluding hydrogens is 270 g/mol. The Kier molecular flexibility index (Phi) is 4.66. The molecule has 2 aromatic carbocycles. The number of para-hydroxylation sites is 2. The molecule has 0 atom stereocenters. The number of ether oxygens (including phenoxy) is 2. The van der Waals surface area contributed by atoms with Gasteiger partial charge in [0.05, 0.1) is 6.61 Å². The summed E-state index contributed by atoms with van der Waals surface area (Å²) < 4.78 is 11.3. The largest absolute Gasteiger partial charge is 0.490 e. The minimum atomic E-state index is -1.07. The van der Waals surface area contributed by atoms with Crippen molar-refractivity contribution >= 4 is 11.7 Å². The summed E-state index contributed by atoms with van der Waals surface area (Å²) >= 11 is 0. The summed E-state index contributed by atoms with van der Waals surface area (Å²) in [6.45, 7) is 2.56. The number of hydrogen-bond donors (Lipinski definition) is 2. The molecule has 0 aliphatic carbocycles. The highest BCUT2D eigenvalue weighted by Gasteiger charge is 2.14. The quantitative estimate of drug-likeness (QED) is 0.794. The standard InChI is InChI=1S/C16H17NO4/c1-2-9-20-13-5-3-4-6-14(13)21-15-10-11(17)7-8-12(15)16(18)19/h3-8,10H,2,9,17H2,1H3,(H,18,19). The van der Waals surface area contributed by atoms with Crippen LogP contribution in [-0.4, -0.2) is 17.7 Å². The number of anilines is 1. The van der Waals surface area contributed by atoms with Gasteiger partial charge in [0.15, 0.2) is 11.5 Å². The van der Waals surface area contributed by atoms with Crippen LogP contribution in [-0.2, 0) is 0 Å². The second-order valence-corrected chi connectivity index (χ2v) is 4.46. The van der Waals surface area contributed by atoms with Crippen LogP contribution in [0.2, 0.25) is 0 Å². The molecule has 2 rings (SSSR count). The van der Waals surface area contributed by atoms with Crippen molar-refractivity contribution in [2.45, 2.75) is 13.3 Å². The van der Waals surface area contributed by atoms with Crippen LogP contribution in [0, 0.1) is 0 Å². The highest BCUT2D eigenvalue weighted by Crippen LogP contribution is 2.34. The number of carbonyl (C=O) groups is 1. The number of aromatic carboxylic acids is 1. The first-order valence-corrected chi connectivity index (χ1v) is 6.64. The molecule has 110 valence electrons. The number of nitrogen functional groups attached to an aromatic ring is 1. The summed E-state index contributed by atoms with van der Waals surface area (Å²) in [6, 6.07) is 11.5. The van der Waals surface area contributed by atoms with E-state index in [4.69, 9.17) is 15.2 Å². The van der Waals surface area contributed by atoms with Gasteiger partial charge in [0.2, 0.25) is 0 Å². The van der Waals surface area contributed by atoms with Gasteiger partial charge in [-0.25, -0.2) is 4.79 Å². The molecule has 0 amide bonds. The normalized spacial score (nSPS) is 10.1. The molecule has 0 spiro atoms. The Hall–Kier alpha value is -2.69. The maximum absolute atomic E-state index is 11.2. The smallest absolute Gasteiger partial charge is 0.339 e. The molecule has 0 saturated heterocycles. The summed E-state index contributed by atoms with van der Waals surface area (Å²) in [4.78, 5) is 11.2. The minimum Gasteiger partial charge on any atom is -0.490 e. The van der Waals surface area contributed by atoms with E-state index in [1.807, 2.05) is 13.0 Å². The zero-order valence-corrected chi connectivity index (χ0v) is 11.7. The van der Waals surface area contributed by atoms with Gasteiger partial charge in [0.25, 0.3) is 0 Å². The Morgan fingerprint density at radius 3 is 2.52 bits per heavy atom. The molecular formula is C16H17NO4. The first-order valence-electron chi connectivity index (χ1n) is 6.64. The van der Waals surface area contributed by atoms with Crippen molar-refractivity contribution in [2.24, 2.45) is 0 Å². The van der Waals surface area contributed by atoms with E-state index < -0.39 is 5.97 Å². The van der Waals surface area contributed by atoms with E-state index in [0.29, 0.717) is 23.8 Å². The van der Waals surface area contributed by atoms with Crippen LogP contribution in [0.3, 0.4) is 0 Å². The second kappa shape index (κ2) is 6.65. The van der Waals surface area contributed by atoms with Crippen molar-refractivity contribution in [1.82, 2.24) is 0 Å². The number of benzene rings is 2. The van der Waals surface area contributed by atoms with Gasteiger partial charge >= 0.3 is 5.97 Å². The van der Waals surface area contributed by atoms with Gasteiger partial charge in [-0.15, -0.1) is 0 Å². The van der Waals surface area contributed by atoms with Crippen molar-refractivity contribution < 1.29 is 19.4 Å². The van der Waals surface area contributed by atoms with Crippen LogP contribution in [0.5, 0.6) is 17.2 Å². The molecule has 0 fully saturated rings. The zero-order chi connectivity index (χ0) is 15.2. The average molecular weight is 287 g/mol. The predicted octanol–water partition coefficient (Wildman–Crippen LogP) is 3.55. The third-order valence-corrected chi connectivity index (χ3v) is 2.77. The van der Waals surface area contributed by atoms with Crippen LogP contribution in [0.1, 0.15) is 23.7 Å². The van der Waals surface area contributed by atoms with E-state index >= 15 is 0 Å². The van der Waals surface area contributed by atoms with Gasteiger partial charge < -0.3 is 20.3 Å². The van der Waals surface area contributed by atoms with Gasteiger partial charge in [0, 0.05) is 11.8 Å². The van der Waals surface area contributed by atoms with Crippen molar-refractivity contribution in [3.05, 3.63) is 48.0 Å². The van der Waals surface area contributed by atoms with E-state index in [0.717, 1.165) is 6.42 Å². The van der Waals surface area contributed by atoms with Crippen LogP contribution in [0.15, 0.2) is 42.5 Å². The second-order valence-electron chi connectivity index (χ2n) is 4.46. The lowest BCUT2D eigenvalue weighted by molar-refractivity contribution is 0.0694.